The number of fused-ring (bicyclic) bond motifs is 1. The summed E-state index contributed by atoms with van der Waals surface area (Å²) >= 11 is 0. The lowest BCUT2D eigenvalue weighted by Crippen LogP contribution is -2.30. The van der Waals surface area contributed by atoms with Gasteiger partial charge in [0.15, 0.2) is 5.75 Å². The van der Waals surface area contributed by atoms with Crippen LogP contribution in [0.5, 0.6) is 5.75 Å². The number of rotatable bonds is 1. The van der Waals surface area contributed by atoms with Crippen molar-refractivity contribution in [3.8, 4) is 5.75 Å². The fourth-order valence-corrected chi connectivity index (χ4v) is 2.02. The Morgan fingerprint density at radius 3 is 2.37 bits per heavy atom. The zero-order chi connectivity index (χ0) is 14.2. The number of ether oxygens (including phenoxy) is 1. The van der Waals surface area contributed by atoms with E-state index >= 15 is 0 Å². The Bertz CT molecular complexity index is 539. The van der Waals surface area contributed by atoms with Gasteiger partial charge in [0.1, 0.15) is 11.5 Å². The monoisotopic (exact) mass is 260 g/mol. The minimum absolute atomic E-state index is 0.139. The van der Waals surface area contributed by atoms with Crippen molar-refractivity contribution in [3.05, 3.63) is 35.7 Å². The van der Waals surface area contributed by atoms with Crippen LogP contribution in [-0.4, -0.2) is 24.9 Å². The Balaban J connectivity index is 2.60. The summed E-state index contributed by atoms with van der Waals surface area (Å²) in [5.41, 5.74) is 1.00. The highest BCUT2D eigenvalue weighted by Crippen LogP contribution is 2.37. The summed E-state index contributed by atoms with van der Waals surface area (Å²) in [6, 6.07) is 7.47. The number of carbonyl (C=O) groups is 1. The van der Waals surface area contributed by atoms with E-state index in [-0.39, 0.29) is 11.3 Å². The second kappa shape index (κ2) is 4.61. The highest BCUT2D eigenvalue weighted by Gasteiger charge is 2.32. The van der Waals surface area contributed by atoms with Crippen LogP contribution < -0.4 is 10.1 Å². The molecule has 1 heterocycles. The first-order valence-electron chi connectivity index (χ1n) is 6.31. The van der Waals surface area contributed by atoms with Gasteiger partial charge in [0, 0.05) is 19.5 Å². The third-order valence-corrected chi connectivity index (χ3v) is 2.91. The molecule has 1 aliphatic heterocycles. The van der Waals surface area contributed by atoms with Crippen LogP contribution in [0.1, 0.15) is 20.8 Å². The van der Waals surface area contributed by atoms with E-state index in [0.717, 1.165) is 0 Å². The molecule has 1 aromatic carbocycles. The third kappa shape index (κ3) is 2.57. The molecule has 0 atom stereocenters. The van der Waals surface area contributed by atoms with Gasteiger partial charge in [-0.3, -0.25) is 4.79 Å². The summed E-state index contributed by atoms with van der Waals surface area (Å²) in [4.78, 5) is 14.2. The van der Waals surface area contributed by atoms with Crippen molar-refractivity contribution in [2.75, 3.05) is 19.4 Å². The number of allylic oxidation sites excluding steroid dienone is 1. The van der Waals surface area contributed by atoms with E-state index in [2.05, 4.69) is 5.32 Å². The maximum Gasteiger partial charge on any atom is 0.275 e. The number of hydrogen-bond acceptors (Lipinski definition) is 3. The quantitative estimate of drug-likeness (QED) is 0.844. The van der Waals surface area contributed by atoms with Crippen LogP contribution in [0, 0.1) is 5.41 Å². The Morgan fingerprint density at radius 1 is 1.16 bits per heavy atom. The van der Waals surface area contributed by atoms with E-state index in [1.54, 1.807) is 4.90 Å². The molecular formula is C15H20N2O2. The van der Waals surface area contributed by atoms with Gasteiger partial charge in [0.2, 0.25) is 0 Å². The number of amides is 1. The highest BCUT2D eigenvalue weighted by atomic mass is 16.5. The molecule has 0 saturated carbocycles. The number of hydrogen-bond donors (Lipinski definition) is 1. The Kier molecular flexibility index (Phi) is 3.27. The largest absolute Gasteiger partial charge is 0.457 e. The van der Waals surface area contributed by atoms with E-state index in [1.165, 1.54) is 0 Å². The van der Waals surface area contributed by atoms with Crippen LogP contribution in [0.4, 0.5) is 5.69 Å². The second-order valence-corrected chi connectivity index (χ2v) is 5.87. The molecule has 0 saturated heterocycles. The second-order valence-electron chi connectivity index (χ2n) is 5.87. The number of anilines is 1. The molecule has 0 unspecified atom stereocenters. The number of nitrogens with zero attached hydrogens (tertiary/aromatic N) is 1. The lowest BCUT2D eigenvalue weighted by atomic mass is 9.92. The molecule has 0 aliphatic carbocycles. The number of nitrogens with one attached hydrogen (secondary N) is 1. The molecule has 0 spiro atoms. The van der Waals surface area contributed by atoms with Crippen molar-refractivity contribution in [2.45, 2.75) is 20.8 Å². The minimum Gasteiger partial charge on any atom is -0.457 e. The topological polar surface area (TPSA) is 41.6 Å². The Morgan fingerprint density at radius 2 is 1.79 bits per heavy atom. The lowest BCUT2D eigenvalue weighted by Gasteiger charge is -2.27. The van der Waals surface area contributed by atoms with Gasteiger partial charge in [-0.25, -0.2) is 0 Å². The van der Waals surface area contributed by atoms with Crippen LogP contribution in [0.2, 0.25) is 0 Å². The van der Waals surface area contributed by atoms with Gasteiger partial charge < -0.3 is 15.0 Å². The molecule has 2 rings (SSSR count). The normalized spacial score (nSPS) is 15.3. The zero-order valence-electron chi connectivity index (χ0n) is 12.1. The summed E-state index contributed by atoms with van der Waals surface area (Å²) in [7, 11) is 3.69. The summed E-state index contributed by atoms with van der Waals surface area (Å²) < 4.78 is 6.02. The molecule has 0 radical (unpaired) electrons. The lowest BCUT2D eigenvalue weighted by molar-refractivity contribution is -0.114. The van der Waals surface area contributed by atoms with Crippen molar-refractivity contribution in [2.24, 2.45) is 5.41 Å². The van der Waals surface area contributed by atoms with Crippen LogP contribution in [-0.2, 0) is 4.79 Å². The van der Waals surface area contributed by atoms with Crippen LogP contribution in [0.15, 0.2) is 35.7 Å². The van der Waals surface area contributed by atoms with Crippen molar-refractivity contribution in [1.82, 2.24) is 4.90 Å². The van der Waals surface area contributed by atoms with E-state index in [0.29, 0.717) is 22.9 Å². The fourth-order valence-electron chi connectivity index (χ4n) is 2.02. The van der Waals surface area contributed by atoms with Gasteiger partial charge in [-0.15, -0.1) is 0 Å². The number of carbonyl (C=O) groups excluding carboxylic acids is 1. The minimum atomic E-state index is -0.256. The van der Waals surface area contributed by atoms with Gasteiger partial charge in [-0.2, -0.15) is 0 Å². The summed E-state index contributed by atoms with van der Waals surface area (Å²) in [6.45, 7) is 6.10. The fraction of sp³-hybridized carbons (Fsp3) is 0.400. The summed E-state index contributed by atoms with van der Waals surface area (Å²) in [5, 5.41) is 2.89. The maximum atomic E-state index is 12.4. The smallest absolute Gasteiger partial charge is 0.275 e. The van der Waals surface area contributed by atoms with Crippen LogP contribution >= 0.6 is 0 Å². The predicted octanol–water partition coefficient (Wildman–Crippen LogP) is 2.84. The number of likely N-dealkylation sites (N-methyl/N-ethyl adjacent to an activating group) is 1. The van der Waals surface area contributed by atoms with Gasteiger partial charge in [0.05, 0.1) is 5.69 Å². The molecule has 102 valence electrons. The molecule has 1 aromatic rings. The first kappa shape index (κ1) is 13.5. The number of benzene rings is 1. The molecule has 0 fully saturated rings. The summed E-state index contributed by atoms with van der Waals surface area (Å²) in [6.07, 6.45) is 0. The molecular weight excluding hydrogens is 240 g/mol. The Labute approximate surface area is 114 Å². The summed E-state index contributed by atoms with van der Waals surface area (Å²) in [5.74, 6) is 1.22. The van der Waals surface area contributed by atoms with Crippen LogP contribution in [0.25, 0.3) is 0 Å². The van der Waals surface area contributed by atoms with Gasteiger partial charge >= 0.3 is 0 Å². The van der Waals surface area contributed by atoms with E-state index in [1.807, 2.05) is 59.1 Å². The van der Waals surface area contributed by atoms with Crippen molar-refractivity contribution in [1.29, 1.82) is 0 Å². The molecule has 4 nitrogen and oxygen atoms in total. The zero-order valence-corrected chi connectivity index (χ0v) is 12.1. The maximum absolute atomic E-state index is 12.4. The predicted molar refractivity (Wildman–Crippen MR) is 75.9 cm³/mol. The average Bonchev–Trinajstić information content (AvgIpc) is 2.43. The third-order valence-electron chi connectivity index (χ3n) is 2.91. The first-order chi connectivity index (χ1) is 8.80. The molecule has 0 bridgehead atoms. The first-order valence-corrected chi connectivity index (χ1v) is 6.31. The van der Waals surface area contributed by atoms with Gasteiger partial charge in [0.25, 0.3) is 5.91 Å². The van der Waals surface area contributed by atoms with E-state index in [4.69, 9.17) is 4.74 Å². The van der Waals surface area contributed by atoms with Gasteiger partial charge in [-0.05, 0) is 12.1 Å². The van der Waals surface area contributed by atoms with Crippen molar-refractivity contribution >= 4 is 11.6 Å². The van der Waals surface area contributed by atoms with Gasteiger partial charge in [-0.1, -0.05) is 32.9 Å². The van der Waals surface area contributed by atoms with E-state index < -0.39 is 0 Å². The Hall–Kier alpha value is -1.97. The van der Waals surface area contributed by atoms with Crippen molar-refractivity contribution in [3.63, 3.8) is 0 Å². The molecule has 19 heavy (non-hydrogen) atoms. The highest BCUT2D eigenvalue weighted by molar-refractivity contribution is 6.05. The standard InChI is InChI=1S/C15H20N2O2/c1-15(2,3)13-12(17(4)5)14(18)16-10-8-6-7-9-11(10)19-13/h6-9H,1-5H3,(H,16,18). The van der Waals surface area contributed by atoms with E-state index in [9.17, 15) is 4.79 Å². The molecule has 1 N–H and O–H groups in total. The molecule has 4 heteroatoms. The molecule has 1 amide bonds. The SMILES string of the molecule is CN(C)C1=C(C(C)(C)C)Oc2ccccc2NC1=O. The molecule has 0 aromatic heterocycles. The average molecular weight is 260 g/mol. The van der Waals surface area contributed by atoms with Crippen molar-refractivity contribution < 1.29 is 9.53 Å². The number of para-hydroxylation sites is 2. The van der Waals surface area contributed by atoms with Crippen LogP contribution in [0.3, 0.4) is 0 Å². The molecule has 1 aliphatic rings.